The van der Waals surface area contributed by atoms with E-state index >= 15 is 0 Å². The van der Waals surface area contributed by atoms with Gasteiger partial charge >= 0.3 is 5.97 Å². The van der Waals surface area contributed by atoms with Crippen molar-refractivity contribution in [2.45, 2.75) is 20.3 Å². The van der Waals surface area contributed by atoms with Crippen LogP contribution in [-0.2, 0) is 21.2 Å². The van der Waals surface area contributed by atoms with Crippen molar-refractivity contribution in [2.24, 2.45) is 0 Å². The first-order valence-electron chi connectivity index (χ1n) is 9.45. The van der Waals surface area contributed by atoms with E-state index in [1.54, 1.807) is 50.5 Å². The fraction of sp³-hybridized carbons (Fsp3) is 0.300. The third-order valence-electron chi connectivity index (χ3n) is 5.06. The quantitative estimate of drug-likeness (QED) is 0.435. The van der Waals surface area contributed by atoms with E-state index in [2.05, 4.69) is 10.1 Å². The maximum atomic E-state index is 12.6. The molecule has 0 unspecified atom stereocenters. The predicted molar refractivity (Wildman–Crippen MR) is 109 cm³/mol. The number of aromatic nitrogens is 3. The highest BCUT2D eigenvalue weighted by Crippen LogP contribution is 2.31. The predicted octanol–water partition coefficient (Wildman–Crippen LogP) is 1.79. The molecule has 0 saturated carbocycles. The number of ketones is 1. The lowest BCUT2D eigenvalue weighted by Gasteiger charge is -2.18. The van der Waals surface area contributed by atoms with Gasteiger partial charge in [-0.1, -0.05) is 0 Å². The summed E-state index contributed by atoms with van der Waals surface area (Å²) in [5.41, 5.74) is 2.79. The van der Waals surface area contributed by atoms with Crippen LogP contribution in [0.15, 0.2) is 36.7 Å². The second kappa shape index (κ2) is 7.52. The number of sulfonamides is 1. The Hall–Kier alpha value is -3.27. The van der Waals surface area contributed by atoms with Crippen molar-refractivity contribution in [2.75, 3.05) is 23.2 Å². The van der Waals surface area contributed by atoms with Gasteiger partial charge in [0.2, 0.25) is 10.0 Å². The molecular formula is C20H20N4O5S. The minimum absolute atomic E-state index is 0.0148. The summed E-state index contributed by atoms with van der Waals surface area (Å²) in [4.78, 5) is 29.2. The molecule has 1 aliphatic heterocycles. The van der Waals surface area contributed by atoms with Crippen molar-refractivity contribution in [3.63, 3.8) is 0 Å². The number of ether oxygens (including phenoxy) is 1. The van der Waals surface area contributed by atoms with Crippen molar-refractivity contribution in [1.82, 2.24) is 14.6 Å². The lowest BCUT2D eigenvalue weighted by atomic mass is 10.1. The molecule has 9 nitrogen and oxygen atoms in total. The first-order chi connectivity index (χ1) is 14.3. The number of carbonyl (C=O) groups is 2. The molecule has 0 atom stereocenters. The van der Waals surface area contributed by atoms with E-state index in [0.717, 1.165) is 5.56 Å². The molecule has 156 valence electrons. The molecule has 0 saturated heterocycles. The molecule has 3 heterocycles. The summed E-state index contributed by atoms with van der Waals surface area (Å²) in [6, 6.07) is 6.54. The van der Waals surface area contributed by atoms with Crippen LogP contribution in [-0.4, -0.2) is 53.7 Å². The summed E-state index contributed by atoms with van der Waals surface area (Å²) in [7, 11) is -3.35. The van der Waals surface area contributed by atoms with Crippen LogP contribution in [0.4, 0.5) is 5.69 Å². The number of nitrogens with zero attached hydrogens (tertiary/aromatic N) is 4. The van der Waals surface area contributed by atoms with Gasteiger partial charge in [0, 0.05) is 24.5 Å². The number of anilines is 1. The van der Waals surface area contributed by atoms with Gasteiger partial charge in [-0.05, 0) is 50.1 Å². The average molecular weight is 428 g/mol. The SMILES string of the molecule is CCS(=O)(=O)N1CCc2cc(C(=O)COC(=O)c3c(C)nn4cccnc34)ccc21. The molecule has 1 aromatic carbocycles. The lowest BCUT2D eigenvalue weighted by molar-refractivity contribution is 0.0475. The molecule has 4 rings (SSSR count). The molecule has 0 spiro atoms. The standard InChI is InChI=1S/C20H20N4O5S/c1-3-30(27,28)24-10-7-14-11-15(5-6-16(14)24)17(25)12-29-20(26)18-13(2)22-23-9-4-8-21-19(18)23/h4-6,8-9,11H,3,7,10,12H2,1-2H3. The Morgan fingerprint density at radius 2 is 2.07 bits per heavy atom. The van der Waals surface area contributed by atoms with E-state index in [-0.39, 0.29) is 17.1 Å². The molecule has 0 bridgehead atoms. The second-order valence-corrected chi connectivity index (χ2v) is 9.10. The Balaban J connectivity index is 1.49. The van der Waals surface area contributed by atoms with Crippen molar-refractivity contribution >= 4 is 33.1 Å². The van der Waals surface area contributed by atoms with Crippen molar-refractivity contribution in [1.29, 1.82) is 0 Å². The third-order valence-corrected chi connectivity index (χ3v) is 6.84. The molecular weight excluding hydrogens is 408 g/mol. The molecule has 0 N–H and O–H groups in total. The Kier molecular flexibility index (Phi) is 5.02. The number of hydrogen-bond acceptors (Lipinski definition) is 7. The highest BCUT2D eigenvalue weighted by atomic mass is 32.2. The average Bonchev–Trinajstić information content (AvgIpc) is 3.31. The zero-order valence-corrected chi connectivity index (χ0v) is 17.3. The number of hydrogen-bond donors (Lipinski definition) is 0. The second-order valence-electron chi connectivity index (χ2n) is 6.91. The number of esters is 1. The summed E-state index contributed by atoms with van der Waals surface area (Å²) < 4.78 is 32.4. The van der Waals surface area contributed by atoms with Gasteiger partial charge in [0.1, 0.15) is 5.56 Å². The van der Waals surface area contributed by atoms with Crippen LogP contribution in [0.3, 0.4) is 0 Å². The van der Waals surface area contributed by atoms with Gasteiger partial charge in [-0.25, -0.2) is 22.7 Å². The van der Waals surface area contributed by atoms with Crippen LogP contribution in [0.5, 0.6) is 0 Å². The molecule has 0 fully saturated rings. The Morgan fingerprint density at radius 1 is 1.27 bits per heavy atom. The van der Waals surface area contributed by atoms with Crippen LogP contribution >= 0.6 is 0 Å². The minimum atomic E-state index is -3.35. The number of aryl methyl sites for hydroxylation is 1. The highest BCUT2D eigenvalue weighted by Gasteiger charge is 2.29. The van der Waals surface area contributed by atoms with E-state index in [1.807, 2.05) is 0 Å². The monoisotopic (exact) mass is 428 g/mol. The summed E-state index contributed by atoms with van der Waals surface area (Å²) in [6.07, 6.45) is 3.75. The van der Waals surface area contributed by atoms with Crippen LogP contribution in [0, 0.1) is 6.92 Å². The van der Waals surface area contributed by atoms with Crippen LogP contribution in [0.1, 0.15) is 38.9 Å². The molecule has 0 amide bonds. The maximum absolute atomic E-state index is 12.6. The van der Waals surface area contributed by atoms with Gasteiger partial charge in [0.25, 0.3) is 0 Å². The van der Waals surface area contributed by atoms with E-state index in [1.165, 1.54) is 8.82 Å². The number of rotatable bonds is 6. The van der Waals surface area contributed by atoms with E-state index in [9.17, 15) is 18.0 Å². The minimum Gasteiger partial charge on any atom is -0.454 e. The van der Waals surface area contributed by atoms with Gasteiger partial charge in [-0.3, -0.25) is 9.10 Å². The number of fused-ring (bicyclic) bond motifs is 2. The van der Waals surface area contributed by atoms with Crippen molar-refractivity contribution in [3.8, 4) is 0 Å². The Labute approximate surface area is 173 Å². The normalized spacial score (nSPS) is 13.5. The maximum Gasteiger partial charge on any atom is 0.344 e. The Morgan fingerprint density at radius 3 is 2.83 bits per heavy atom. The fourth-order valence-corrected chi connectivity index (χ4v) is 4.67. The van der Waals surface area contributed by atoms with Gasteiger partial charge < -0.3 is 4.74 Å². The van der Waals surface area contributed by atoms with Gasteiger partial charge in [0.15, 0.2) is 18.0 Å². The van der Waals surface area contributed by atoms with Crippen LogP contribution < -0.4 is 4.31 Å². The third kappa shape index (κ3) is 3.43. The molecule has 30 heavy (non-hydrogen) atoms. The smallest absolute Gasteiger partial charge is 0.344 e. The summed E-state index contributed by atoms with van der Waals surface area (Å²) >= 11 is 0. The molecule has 1 aliphatic rings. The summed E-state index contributed by atoms with van der Waals surface area (Å²) in [5.74, 6) is -1.03. The first-order valence-corrected chi connectivity index (χ1v) is 11.1. The summed E-state index contributed by atoms with van der Waals surface area (Å²) in [5, 5.41) is 4.21. The fourth-order valence-electron chi connectivity index (χ4n) is 3.51. The number of benzene rings is 1. The van der Waals surface area contributed by atoms with Crippen LogP contribution in [0.2, 0.25) is 0 Å². The lowest BCUT2D eigenvalue weighted by Crippen LogP contribution is -2.30. The van der Waals surface area contributed by atoms with E-state index in [4.69, 9.17) is 4.74 Å². The van der Waals surface area contributed by atoms with Gasteiger partial charge in [-0.15, -0.1) is 0 Å². The van der Waals surface area contributed by atoms with Gasteiger partial charge in [-0.2, -0.15) is 5.10 Å². The van der Waals surface area contributed by atoms with Crippen molar-refractivity contribution < 1.29 is 22.7 Å². The van der Waals surface area contributed by atoms with E-state index in [0.29, 0.717) is 35.6 Å². The summed E-state index contributed by atoms with van der Waals surface area (Å²) in [6.45, 7) is 3.20. The highest BCUT2D eigenvalue weighted by molar-refractivity contribution is 7.92. The zero-order valence-electron chi connectivity index (χ0n) is 16.5. The van der Waals surface area contributed by atoms with E-state index < -0.39 is 22.6 Å². The molecule has 0 radical (unpaired) electrons. The molecule has 3 aromatic rings. The Bertz CT molecular complexity index is 1270. The molecule has 10 heteroatoms. The van der Waals surface area contributed by atoms with Crippen molar-refractivity contribution in [3.05, 3.63) is 59.0 Å². The topological polar surface area (TPSA) is 111 Å². The first kappa shape index (κ1) is 20.0. The zero-order chi connectivity index (χ0) is 21.5. The number of Topliss-reactive ketones (excluding diaryl/α,β-unsaturated/α-hetero) is 1. The molecule has 2 aromatic heterocycles. The molecule has 0 aliphatic carbocycles. The van der Waals surface area contributed by atoms with Gasteiger partial charge in [0.05, 0.1) is 17.1 Å². The largest absolute Gasteiger partial charge is 0.454 e. The number of carbonyl (C=O) groups excluding carboxylic acids is 2. The van der Waals surface area contributed by atoms with Crippen LogP contribution in [0.25, 0.3) is 5.65 Å².